The molecule has 112 valence electrons. The quantitative estimate of drug-likeness (QED) is 0.541. The standard InChI is InChI=1S/C10H13FN2O6S/c1-19-6-7(5-14)12-20(17,18)8-2-3-9(11)10(4-8)13(15)16/h2-4,7,12,14H,5-6H2,1H3. The molecule has 1 atom stereocenters. The predicted octanol–water partition coefficient (Wildman–Crippen LogP) is 0.0195. The summed E-state index contributed by atoms with van der Waals surface area (Å²) in [5, 5.41) is 19.6. The Morgan fingerprint density at radius 3 is 2.70 bits per heavy atom. The van der Waals surface area contributed by atoms with Crippen LogP contribution in [0.2, 0.25) is 0 Å². The van der Waals surface area contributed by atoms with E-state index < -0.39 is 44.0 Å². The molecule has 0 radical (unpaired) electrons. The van der Waals surface area contributed by atoms with Crippen LogP contribution in [-0.2, 0) is 14.8 Å². The van der Waals surface area contributed by atoms with Gasteiger partial charge in [0, 0.05) is 13.2 Å². The molecule has 0 saturated carbocycles. The van der Waals surface area contributed by atoms with Crippen LogP contribution >= 0.6 is 0 Å². The fraction of sp³-hybridized carbons (Fsp3) is 0.400. The molecule has 2 N–H and O–H groups in total. The lowest BCUT2D eigenvalue weighted by molar-refractivity contribution is -0.387. The lowest BCUT2D eigenvalue weighted by atomic mass is 10.3. The number of nitrogens with one attached hydrogen (secondary N) is 1. The number of benzene rings is 1. The Bertz CT molecular complexity index is 591. The van der Waals surface area contributed by atoms with Gasteiger partial charge >= 0.3 is 5.69 Å². The van der Waals surface area contributed by atoms with Crippen LogP contribution in [0.3, 0.4) is 0 Å². The smallest absolute Gasteiger partial charge is 0.306 e. The Kier molecular flexibility index (Phi) is 5.51. The third-order valence-electron chi connectivity index (χ3n) is 2.33. The molecule has 0 aliphatic heterocycles. The van der Waals surface area contributed by atoms with Gasteiger partial charge in [-0.3, -0.25) is 10.1 Å². The van der Waals surface area contributed by atoms with Crippen molar-refractivity contribution in [2.45, 2.75) is 10.9 Å². The molecular formula is C10H13FN2O6S. The zero-order valence-corrected chi connectivity index (χ0v) is 11.3. The Labute approximate surface area is 114 Å². The first kappa shape index (κ1) is 16.4. The summed E-state index contributed by atoms with van der Waals surface area (Å²) in [5.74, 6) is -1.13. The molecule has 0 heterocycles. The van der Waals surface area contributed by atoms with Crippen LogP contribution in [0.25, 0.3) is 0 Å². The molecule has 0 saturated heterocycles. The summed E-state index contributed by atoms with van der Waals surface area (Å²) in [6.07, 6.45) is 0. The molecule has 0 aliphatic rings. The van der Waals surface area contributed by atoms with E-state index in [1.54, 1.807) is 0 Å². The molecule has 1 aromatic carbocycles. The SMILES string of the molecule is COCC(CO)NS(=O)(=O)c1ccc(F)c([N+](=O)[O-])c1. The third kappa shape index (κ3) is 3.93. The van der Waals surface area contributed by atoms with Crippen LogP contribution in [0.4, 0.5) is 10.1 Å². The van der Waals surface area contributed by atoms with E-state index in [0.717, 1.165) is 6.07 Å². The molecule has 0 bridgehead atoms. The van der Waals surface area contributed by atoms with Crippen molar-refractivity contribution in [2.24, 2.45) is 0 Å². The minimum absolute atomic E-state index is 0.0843. The zero-order valence-electron chi connectivity index (χ0n) is 10.4. The summed E-state index contributed by atoms with van der Waals surface area (Å²) in [6, 6.07) is 1.29. The first-order valence-electron chi connectivity index (χ1n) is 5.38. The van der Waals surface area contributed by atoms with E-state index in [9.17, 15) is 22.9 Å². The average Bonchev–Trinajstić information content (AvgIpc) is 2.37. The summed E-state index contributed by atoms with van der Waals surface area (Å²) in [4.78, 5) is 9.08. The zero-order chi connectivity index (χ0) is 15.3. The van der Waals surface area contributed by atoms with Gasteiger partial charge in [-0.15, -0.1) is 0 Å². The number of hydrogen-bond acceptors (Lipinski definition) is 6. The van der Waals surface area contributed by atoms with Gasteiger partial charge in [-0.25, -0.2) is 13.1 Å². The molecular weight excluding hydrogens is 295 g/mol. The summed E-state index contributed by atoms with van der Waals surface area (Å²) in [5.41, 5.74) is -0.944. The third-order valence-corrected chi connectivity index (χ3v) is 3.85. The van der Waals surface area contributed by atoms with E-state index in [-0.39, 0.29) is 6.61 Å². The monoisotopic (exact) mass is 308 g/mol. The molecule has 8 nitrogen and oxygen atoms in total. The van der Waals surface area contributed by atoms with Crippen molar-refractivity contribution in [3.05, 3.63) is 34.1 Å². The number of methoxy groups -OCH3 is 1. The maximum atomic E-state index is 13.1. The van der Waals surface area contributed by atoms with Gasteiger partial charge in [-0.05, 0) is 12.1 Å². The van der Waals surface area contributed by atoms with Crippen molar-refractivity contribution in [3.8, 4) is 0 Å². The van der Waals surface area contributed by atoms with Gasteiger partial charge in [0.2, 0.25) is 15.8 Å². The number of nitro benzene ring substituents is 1. The van der Waals surface area contributed by atoms with Crippen molar-refractivity contribution in [1.29, 1.82) is 0 Å². The van der Waals surface area contributed by atoms with Crippen LogP contribution in [0.5, 0.6) is 0 Å². The highest BCUT2D eigenvalue weighted by Gasteiger charge is 2.24. The van der Waals surface area contributed by atoms with Crippen molar-refractivity contribution < 1.29 is 27.6 Å². The van der Waals surface area contributed by atoms with Gasteiger partial charge in [0.1, 0.15) is 0 Å². The van der Waals surface area contributed by atoms with Crippen molar-refractivity contribution in [3.63, 3.8) is 0 Å². The fourth-order valence-electron chi connectivity index (χ4n) is 1.41. The highest BCUT2D eigenvalue weighted by Crippen LogP contribution is 2.21. The number of rotatable bonds is 7. The first-order chi connectivity index (χ1) is 9.31. The van der Waals surface area contributed by atoms with Crippen LogP contribution in [0.15, 0.2) is 23.1 Å². The van der Waals surface area contributed by atoms with Gasteiger partial charge in [0.15, 0.2) is 0 Å². The molecule has 0 spiro atoms. The van der Waals surface area contributed by atoms with Gasteiger partial charge < -0.3 is 9.84 Å². The molecule has 0 fully saturated rings. The number of aliphatic hydroxyl groups is 1. The minimum Gasteiger partial charge on any atom is -0.395 e. The van der Waals surface area contributed by atoms with E-state index in [1.165, 1.54) is 7.11 Å². The van der Waals surface area contributed by atoms with Crippen LogP contribution < -0.4 is 4.72 Å². The number of nitro groups is 1. The highest BCUT2D eigenvalue weighted by atomic mass is 32.2. The fourth-order valence-corrected chi connectivity index (χ4v) is 2.64. The van der Waals surface area contributed by atoms with Crippen LogP contribution in [0.1, 0.15) is 0 Å². The van der Waals surface area contributed by atoms with E-state index in [0.29, 0.717) is 12.1 Å². The normalized spacial score (nSPS) is 13.2. The summed E-state index contributed by atoms with van der Waals surface area (Å²) < 4.78 is 43.8. The summed E-state index contributed by atoms with van der Waals surface area (Å²) in [7, 11) is -2.81. The second kappa shape index (κ2) is 6.70. The van der Waals surface area contributed by atoms with E-state index in [4.69, 9.17) is 9.84 Å². The first-order valence-corrected chi connectivity index (χ1v) is 6.86. The molecule has 20 heavy (non-hydrogen) atoms. The number of aliphatic hydroxyl groups excluding tert-OH is 1. The van der Waals surface area contributed by atoms with Gasteiger partial charge in [0.25, 0.3) is 0 Å². The van der Waals surface area contributed by atoms with Crippen molar-refractivity contribution >= 4 is 15.7 Å². The second-order valence-electron chi connectivity index (χ2n) is 3.83. The Balaban J connectivity index is 3.09. The molecule has 0 aliphatic carbocycles. The highest BCUT2D eigenvalue weighted by molar-refractivity contribution is 7.89. The number of hydrogen-bond donors (Lipinski definition) is 2. The predicted molar refractivity (Wildman–Crippen MR) is 66.1 cm³/mol. The lowest BCUT2D eigenvalue weighted by Crippen LogP contribution is -2.40. The molecule has 10 heteroatoms. The van der Waals surface area contributed by atoms with Crippen LogP contribution in [0, 0.1) is 15.9 Å². The van der Waals surface area contributed by atoms with Crippen molar-refractivity contribution in [1.82, 2.24) is 4.72 Å². The van der Waals surface area contributed by atoms with Gasteiger partial charge in [-0.1, -0.05) is 0 Å². The molecule has 0 aromatic heterocycles. The summed E-state index contributed by atoms with van der Waals surface area (Å²) >= 11 is 0. The Morgan fingerprint density at radius 1 is 1.55 bits per heavy atom. The maximum Gasteiger partial charge on any atom is 0.306 e. The Hall–Kier alpha value is -1.62. The van der Waals surface area contributed by atoms with Crippen LogP contribution in [-0.4, -0.2) is 44.8 Å². The molecule has 1 aromatic rings. The van der Waals surface area contributed by atoms with E-state index in [2.05, 4.69) is 4.72 Å². The van der Waals surface area contributed by atoms with E-state index in [1.807, 2.05) is 0 Å². The van der Waals surface area contributed by atoms with E-state index >= 15 is 0 Å². The number of halogens is 1. The Morgan fingerprint density at radius 2 is 2.20 bits per heavy atom. The second-order valence-corrected chi connectivity index (χ2v) is 5.54. The van der Waals surface area contributed by atoms with Gasteiger partial charge in [0.05, 0.1) is 29.1 Å². The molecule has 1 unspecified atom stereocenters. The minimum atomic E-state index is -4.13. The summed E-state index contributed by atoms with van der Waals surface area (Å²) in [6.45, 7) is -0.602. The molecule has 0 amide bonds. The lowest BCUT2D eigenvalue weighted by Gasteiger charge is -2.15. The molecule has 1 rings (SSSR count). The number of ether oxygens (including phenoxy) is 1. The largest absolute Gasteiger partial charge is 0.395 e. The number of nitrogens with zero attached hydrogens (tertiary/aromatic N) is 1. The topological polar surface area (TPSA) is 119 Å². The van der Waals surface area contributed by atoms with Gasteiger partial charge in [-0.2, -0.15) is 4.39 Å². The maximum absolute atomic E-state index is 13.1. The number of sulfonamides is 1. The van der Waals surface area contributed by atoms with Crippen molar-refractivity contribution in [2.75, 3.05) is 20.3 Å². The average molecular weight is 308 g/mol.